The third-order valence-electron chi connectivity index (χ3n) is 4.82. The second kappa shape index (κ2) is 8.75. The summed E-state index contributed by atoms with van der Waals surface area (Å²) >= 11 is 5.07. The molecule has 0 radical (unpaired) electrons. The van der Waals surface area contributed by atoms with Crippen molar-refractivity contribution < 1.29 is 9.21 Å². The number of carbonyl (C=O) groups excluding carboxylic acids is 1. The van der Waals surface area contributed by atoms with Gasteiger partial charge in [-0.15, -0.1) is 5.10 Å². The van der Waals surface area contributed by atoms with Gasteiger partial charge in [0.15, 0.2) is 10.9 Å². The Morgan fingerprint density at radius 1 is 1.24 bits per heavy atom. The Hall–Kier alpha value is -2.06. The summed E-state index contributed by atoms with van der Waals surface area (Å²) in [5.74, 6) is 2.22. The minimum Gasteiger partial charge on any atom is -0.462 e. The van der Waals surface area contributed by atoms with Crippen LogP contribution < -0.4 is 15.9 Å². The summed E-state index contributed by atoms with van der Waals surface area (Å²) in [5, 5.41) is 11.5. The number of aryl methyl sites for hydroxylation is 1. The highest BCUT2D eigenvalue weighted by molar-refractivity contribution is 9.10. The number of hydrogen-bond donors (Lipinski definition) is 1. The molecule has 1 amide bonds. The Balaban J connectivity index is 1.72. The molecule has 1 atom stereocenters. The van der Waals surface area contributed by atoms with E-state index in [4.69, 9.17) is 14.5 Å². The normalized spacial score (nSPS) is 18.0. The van der Waals surface area contributed by atoms with E-state index in [-0.39, 0.29) is 5.91 Å². The van der Waals surface area contributed by atoms with E-state index >= 15 is 0 Å². The Kier molecular flexibility index (Phi) is 6.10. The molecule has 0 aliphatic carbocycles. The summed E-state index contributed by atoms with van der Waals surface area (Å²) in [6.07, 6.45) is 4.22. The lowest BCUT2D eigenvalue weighted by Gasteiger charge is -2.32. The lowest BCUT2D eigenvalue weighted by molar-refractivity contribution is -0.116. The summed E-state index contributed by atoms with van der Waals surface area (Å²) in [6.45, 7) is 4.09. The van der Waals surface area contributed by atoms with Gasteiger partial charge in [-0.3, -0.25) is 10.1 Å². The number of rotatable bonds is 6. The fourth-order valence-corrected chi connectivity index (χ4v) is 4.61. The Labute approximate surface area is 182 Å². The molecule has 3 heterocycles. The van der Waals surface area contributed by atoms with Crippen LogP contribution in [0.25, 0.3) is 5.70 Å². The van der Waals surface area contributed by atoms with E-state index in [1.807, 2.05) is 37.3 Å². The average Bonchev–Trinajstić information content (AvgIpc) is 3.13. The fraction of sp³-hybridized carbons (Fsp3) is 0.381. The van der Waals surface area contributed by atoms with E-state index < -0.39 is 6.17 Å². The van der Waals surface area contributed by atoms with E-state index in [0.717, 1.165) is 33.0 Å². The molecule has 29 heavy (non-hydrogen) atoms. The quantitative estimate of drug-likeness (QED) is 0.646. The molecule has 2 aliphatic rings. The molecule has 2 aromatic rings. The third kappa shape index (κ3) is 4.28. The standard InChI is InChI=1S/C21H23BrN4O2S/c1-3-4-5-6-11-29-21-24-20(27)18-15-12-14(22)8-9-16(15)23-19(26(18)25-21)17-10-7-13(2)28-17/h7-10,12,19H,3-6,11H2,1-2H3,(H,24,25,27). The highest BCUT2D eigenvalue weighted by Crippen LogP contribution is 2.31. The zero-order valence-corrected chi connectivity index (χ0v) is 18.8. The second-order valence-corrected chi connectivity index (χ2v) is 9.07. The van der Waals surface area contributed by atoms with Gasteiger partial charge < -0.3 is 4.42 Å². The first kappa shape index (κ1) is 20.2. The largest absolute Gasteiger partial charge is 0.462 e. The molecular weight excluding hydrogens is 452 g/mol. The van der Waals surface area contributed by atoms with Crippen molar-refractivity contribution in [3.05, 3.63) is 56.9 Å². The summed E-state index contributed by atoms with van der Waals surface area (Å²) in [7, 11) is 0. The molecule has 0 bridgehead atoms. The predicted octanol–water partition coefficient (Wildman–Crippen LogP) is 3.81. The molecule has 1 aromatic heterocycles. The highest BCUT2D eigenvalue weighted by atomic mass is 79.9. The van der Waals surface area contributed by atoms with Crippen molar-refractivity contribution >= 4 is 44.5 Å². The van der Waals surface area contributed by atoms with Crippen LogP contribution >= 0.6 is 27.7 Å². The number of benzene rings is 1. The van der Waals surface area contributed by atoms with Gasteiger partial charge in [0, 0.05) is 15.4 Å². The maximum absolute atomic E-state index is 13.1. The number of halogens is 1. The maximum atomic E-state index is 13.1. The SMILES string of the molecule is CCCCCCSC1=NN2C(=c3cc(Br)ccc3=NC2c2ccc(C)o2)C(=O)N1. The number of hydrogen-bond acceptors (Lipinski definition) is 6. The van der Waals surface area contributed by atoms with Gasteiger partial charge in [0.25, 0.3) is 5.91 Å². The number of carbonyl (C=O) groups is 1. The molecule has 2 aliphatic heterocycles. The first-order valence-corrected chi connectivity index (χ1v) is 11.6. The minimum atomic E-state index is -0.505. The van der Waals surface area contributed by atoms with E-state index in [1.54, 1.807) is 16.8 Å². The van der Waals surface area contributed by atoms with Crippen LogP contribution in [-0.4, -0.2) is 21.8 Å². The van der Waals surface area contributed by atoms with E-state index in [2.05, 4.69) is 28.2 Å². The van der Waals surface area contributed by atoms with Gasteiger partial charge in [0.1, 0.15) is 11.5 Å². The Bertz CT molecular complexity index is 1080. The number of nitrogens with one attached hydrogen (secondary N) is 1. The number of amides is 1. The number of thioether (sulfide) groups is 1. The molecule has 1 aromatic carbocycles. The van der Waals surface area contributed by atoms with Crippen molar-refractivity contribution in [2.75, 3.05) is 5.75 Å². The lowest BCUT2D eigenvalue weighted by atomic mass is 10.1. The lowest BCUT2D eigenvalue weighted by Crippen LogP contribution is -2.50. The van der Waals surface area contributed by atoms with Gasteiger partial charge >= 0.3 is 0 Å². The van der Waals surface area contributed by atoms with Gasteiger partial charge in [0.05, 0.1) is 5.36 Å². The molecule has 8 heteroatoms. The van der Waals surface area contributed by atoms with E-state index in [9.17, 15) is 4.79 Å². The molecule has 0 fully saturated rings. The zero-order chi connectivity index (χ0) is 20.4. The predicted molar refractivity (Wildman–Crippen MR) is 119 cm³/mol. The van der Waals surface area contributed by atoms with Crippen LogP contribution in [0.15, 0.2) is 49.3 Å². The molecule has 1 unspecified atom stereocenters. The number of furan rings is 1. The minimum absolute atomic E-state index is 0.168. The number of nitrogens with zero attached hydrogens (tertiary/aromatic N) is 3. The molecule has 4 rings (SSSR count). The van der Waals surface area contributed by atoms with Crippen LogP contribution in [0, 0.1) is 6.92 Å². The fourth-order valence-electron chi connectivity index (χ4n) is 3.39. The summed E-state index contributed by atoms with van der Waals surface area (Å²) in [4.78, 5) is 17.9. The van der Waals surface area contributed by atoms with Crippen LogP contribution in [0.2, 0.25) is 0 Å². The van der Waals surface area contributed by atoms with Crippen LogP contribution in [0.1, 0.15) is 50.3 Å². The average molecular weight is 475 g/mol. The highest BCUT2D eigenvalue weighted by Gasteiger charge is 2.35. The van der Waals surface area contributed by atoms with Gasteiger partial charge in [-0.1, -0.05) is 53.9 Å². The van der Waals surface area contributed by atoms with Crippen molar-refractivity contribution in [3.8, 4) is 0 Å². The zero-order valence-electron chi connectivity index (χ0n) is 16.4. The van der Waals surface area contributed by atoms with Crippen molar-refractivity contribution in [2.45, 2.75) is 45.7 Å². The van der Waals surface area contributed by atoms with Crippen LogP contribution in [0.4, 0.5) is 0 Å². The van der Waals surface area contributed by atoms with E-state index in [1.165, 1.54) is 19.3 Å². The molecule has 0 spiro atoms. The first-order valence-electron chi connectivity index (χ1n) is 9.83. The molecule has 0 saturated heterocycles. The molecular formula is C21H23BrN4O2S. The summed E-state index contributed by atoms with van der Waals surface area (Å²) in [6, 6.07) is 9.53. The van der Waals surface area contributed by atoms with Crippen molar-refractivity contribution in [1.82, 2.24) is 10.3 Å². The molecule has 6 nitrogen and oxygen atoms in total. The first-order chi connectivity index (χ1) is 14.1. The van der Waals surface area contributed by atoms with Gasteiger partial charge in [-0.05, 0) is 43.7 Å². The topological polar surface area (TPSA) is 70.2 Å². The number of unbranched alkanes of at least 4 members (excludes halogenated alkanes) is 3. The second-order valence-electron chi connectivity index (χ2n) is 7.07. The molecule has 0 saturated carbocycles. The van der Waals surface area contributed by atoms with Crippen LogP contribution in [0.5, 0.6) is 0 Å². The van der Waals surface area contributed by atoms with Gasteiger partial charge in [-0.2, -0.15) is 0 Å². The molecule has 1 N–H and O–H groups in total. The molecule has 152 valence electrons. The van der Waals surface area contributed by atoms with Gasteiger partial charge in [0.2, 0.25) is 6.17 Å². The Morgan fingerprint density at radius 2 is 2.10 bits per heavy atom. The third-order valence-corrected chi connectivity index (χ3v) is 6.27. The van der Waals surface area contributed by atoms with Crippen molar-refractivity contribution in [2.24, 2.45) is 10.1 Å². The van der Waals surface area contributed by atoms with Crippen molar-refractivity contribution in [1.29, 1.82) is 0 Å². The van der Waals surface area contributed by atoms with Gasteiger partial charge in [-0.25, -0.2) is 10.0 Å². The number of fused-ring (bicyclic) bond motifs is 2. The maximum Gasteiger partial charge on any atom is 0.276 e. The number of amidine groups is 1. The monoisotopic (exact) mass is 474 g/mol. The Morgan fingerprint density at radius 3 is 2.86 bits per heavy atom. The van der Waals surface area contributed by atoms with Crippen LogP contribution in [0.3, 0.4) is 0 Å². The summed E-state index contributed by atoms with van der Waals surface area (Å²) < 4.78 is 6.73. The summed E-state index contributed by atoms with van der Waals surface area (Å²) in [5.41, 5.74) is 0.491. The number of hydrazone groups is 1. The van der Waals surface area contributed by atoms with Crippen LogP contribution in [-0.2, 0) is 4.79 Å². The van der Waals surface area contributed by atoms with Crippen molar-refractivity contribution in [3.63, 3.8) is 0 Å². The smallest absolute Gasteiger partial charge is 0.276 e. The van der Waals surface area contributed by atoms with E-state index in [0.29, 0.717) is 16.6 Å².